The van der Waals surface area contributed by atoms with Crippen molar-refractivity contribution in [2.24, 2.45) is 11.1 Å². The molecule has 0 spiro atoms. The molecule has 0 heterocycles. The fourth-order valence-electron chi connectivity index (χ4n) is 1.22. The van der Waals surface area contributed by atoms with Crippen molar-refractivity contribution in [3.63, 3.8) is 0 Å². The number of nitrogen functional groups attached to an aromatic ring is 1. The molecule has 1 aromatic carbocycles. The Morgan fingerprint density at radius 1 is 1.35 bits per heavy atom. The van der Waals surface area contributed by atoms with Crippen LogP contribution in [0.4, 0.5) is 5.69 Å². The third kappa shape index (κ3) is 4.24. The van der Waals surface area contributed by atoms with E-state index in [1.165, 1.54) is 18.2 Å². The van der Waals surface area contributed by atoms with Crippen molar-refractivity contribution in [2.45, 2.75) is 25.2 Å². The van der Waals surface area contributed by atoms with Crippen molar-refractivity contribution in [3.8, 4) is 5.75 Å². The summed E-state index contributed by atoms with van der Waals surface area (Å²) < 4.78 is 27.8. The molecule has 0 atom stereocenters. The summed E-state index contributed by atoms with van der Waals surface area (Å²) in [7, 11) is -3.72. The first-order valence-corrected chi connectivity index (χ1v) is 6.90. The molecule has 0 bridgehead atoms. The minimum atomic E-state index is -3.72. The highest BCUT2D eigenvalue weighted by Gasteiger charge is 2.11. The molecule has 0 aliphatic carbocycles. The zero-order valence-corrected chi connectivity index (χ0v) is 10.8. The van der Waals surface area contributed by atoms with Crippen molar-refractivity contribution in [1.29, 1.82) is 0 Å². The first kappa shape index (κ1) is 13.8. The minimum Gasteiger partial charge on any atom is -0.491 e. The second-order valence-electron chi connectivity index (χ2n) is 4.28. The third-order valence-corrected chi connectivity index (χ3v) is 3.18. The SMILES string of the molecule is CC(C)CCOc1cc(S(N)(=O)=O)ccc1N. The molecular formula is C11H18N2O3S. The fraction of sp³-hybridized carbons (Fsp3) is 0.455. The lowest BCUT2D eigenvalue weighted by atomic mass is 10.1. The molecule has 6 heteroatoms. The van der Waals surface area contributed by atoms with Gasteiger partial charge in [0.1, 0.15) is 5.75 Å². The van der Waals surface area contributed by atoms with Crippen LogP contribution in [0.25, 0.3) is 0 Å². The van der Waals surface area contributed by atoms with Gasteiger partial charge in [-0.3, -0.25) is 0 Å². The Labute approximate surface area is 102 Å². The lowest BCUT2D eigenvalue weighted by molar-refractivity contribution is 0.290. The number of primary sulfonamides is 1. The average molecular weight is 258 g/mol. The fourth-order valence-corrected chi connectivity index (χ4v) is 1.75. The molecule has 17 heavy (non-hydrogen) atoms. The van der Waals surface area contributed by atoms with Gasteiger partial charge in [-0.1, -0.05) is 13.8 Å². The summed E-state index contributed by atoms with van der Waals surface area (Å²) in [5.74, 6) is 0.870. The van der Waals surface area contributed by atoms with E-state index >= 15 is 0 Å². The molecule has 4 N–H and O–H groups in total. The Bertz CT molecular complexity index is 483. The van der Waals surface area contributed by atoms with Gasteiger partial charge in [0.05, 0.1) is 17.2 Å². The minimum absolute atomic E-state index is 0.00578. The van der Waals surface area contributed by atoms with E-state index in [1.807, 2.05) is 0 Å². The van der Waals surface area contributed by atoms with Crippen LogP contribution in [-0.2, 0) is 10.0 Å². The van der Waals surface area contributed by atoms with Crippen LogP contribution >= 0.6 is 0 Å². The molecule has 0 aliphatic rings. The van der Waals surface area contributed by atoms with Gasteiger partial charge in [-0.25, -0.2) is 13.6 Å². The van der Waals surface area contributed by atoms with Gasteiger partial charge < -0.3 is 10.5 Å². The molecular weight excluding hydrogens is 240 g/mol. The molecule has 5 nitrogen and oxygen atoms in total. The summed E-state index contributed by atoms with van der Waals surface area (Å²) in [6.07, 6.45) is 0.874. The van der Waals surface area contributed by atoms with Crippen molar-refractivity contribution >= 4 is 15.7 Å². The summed E-state index contributed by atoms with van der Waals surface area (Å²) in [4.78, 5) is 0.00578. The van der Waals surface area contributed by atoms with Crippen molar-refractivity contribution in [1.82, 2.24) is 0 Å². The maximum Gasteiger partial charge on any atom is 0.238 e. The smallest absolute Gasteiger partial charge is 0.238 e. The molecule has 0 aliphatic heterocycles. The van der Waals surface area contributed by atoms with E-state index in [4.69, 9.17) is 15.6 Å². The van der Waals surface area contributed by atoms with Crippen LogP contribution in [0.2, 0.25) is 0 Å². The van der Waals surface area contributed by atoms with Crippen molar-refractivity contribution in [3.05, 3.63) is 18.2 Å². The van der Waals surface area contributed by atoms with E-state index < -0.39 is 10.0 Å². The molecule has 0 fully saturated rings. The third-order valence-electron chi connectivity index (χ3n) is 2.27. The van der Waals surface area contributed by atoms with Crippen LogP contribution in [0.5, 0.6) is 5.75 Å². The second kappa shape index (κ2) is 5.37. The summed E-state index contributed by atoms with van der Waals surface area (Å²) >= 11 is 0. The number of ether oxygens (including phenoxy) is 1. The number of sulfonamides is 1. The van der Waals surface area contributed by atoms with E-state index in [2.05, 4.69) is 13.8 Å². The normalized spacial score (nSPS) is 11.8. The monoisotopic (exact) mass is 258 g/mol. The Hall–Kier alpha value is -1.27. The number of rotatable bonds is 5. The zero-order chi connectivity index (χ0) is 13.1. The van der Waals surface area contributed by atoms with Gasteiger partial charge in [0.2, 0.25) is 10.0 Å². The van der Waals surface area contributed by atoms with Crippen LogP contribution < -0.4 is 15.6 Å². The highest BCUT2D eigenvalue weighted by Crippen LogP contribution is 2.24. The van der Waals surface area contributed by atoms with Crippen LogP contribution in [0.15, 0.2) is 23.1 Å². The van der Waals surface area contributed by atoms with Gasteiger partial charge in [-0.05, 0) is 24.5 Å². The molecule has 0 unspecified atom stereocenters. The standard InChI is InChI=1S/C11H18N2O3S/c1-8(2)5-6-16-11-7-9(17(13,14)15)3-4-10(11)12/h3-4,7-8H,5-6,12H2,1-2H3,(H2,13,14,15). The first-order chi connectivity index (χ1) is 7.80. The van der Waals surface area contributed by atoms with E-state index in [-0.39, 0.29) is 4.90 Å². The summed E-state index contributed by atoms with van der Waals surface area (Å²) in [5, 5.41) is 5.03. The molecule has 1 rings (SSSR count). The van der Waals surface area contributed by atoms with Gasteiger partial charge in [-0.2, -0.15) is 0 Å². The lowest BCUT2D eigenvalue weighted by Gasteiger charge is -2.11. The molecule has 0 saturated carbocycles. The van der Waals surface area contributed by atoms with Gasteiger partial charge >= 0.3 is 0 Å². The molecule has 0 aromatic heterocycles. The van der Waals surface area contributed by atoms with E-state index in [1.54, 1.807) is 0 Å². The first-order valence-electron chi connectivity index (χ1n) is 5.36. The van der Waals surface area contributed by atoms with E-state index in [0.717, 1.165) is 6.42 Å². The highest BCUT2D eigenvalue weighted by molar-refractivity contribution is 7.89. The van der Waals surface area contributed by atoms with Gasteiger partial charge in [0.15, 0.2) is 0 Å². The maximum atomic E-state index is 11.2. The number of hydrogen-bond acceptors (Lipinski definition) is 4. The Kier molecular flexibility index (Phi) is 4.36. The number of benzene rings is 1. The quantitative estimate of drug-likeness (QED) is 0.779. The average Bonchev–Trinajstić information content (AvgIpc) is 2.18. The highest BCUT2D eigenvalue weighted by atomic mass is 32.2. The number of nitrogens with two attached hydrogens (primary N) is 2. The summed E-state index contributed by atoms with van der Waals surface area (Å²) in [5.41, 5.74) is 6.09. The Morgan fingerprint density at radius 3 is 2.53 bits per heavy atom. The van der Waals surface area contributed by atoms with Gasteiger partial charge in [0, 0.05) is 6.07 Å². The van der Waals surface area contributed by atoms with Gasteiger partial charge in [-0.15, -0.1) is 0 Å². The summed E-state index contributed by atoms with van der Waals surface area (Å²) in [6, 6.07) is 4.19. The van der Waals surface area contributed by atoms with Crippen molar-refractivity contribution < 1.29 is 13.2 Å². The Balaban J connectivity index is 2.84. The van der Waals surface area contributed by atoms with E-state index in [0.29, 0.717) is 24.0 Å². The van der Waals surface area contributed by atoms with Crippen LogP contribution in [0.1, 0.15) is 20.3 Å². The molecule has 96 valence electrons. The number of hydrogen-bond donors (Lipinski definition) is 2. The van der Waals surface area contributed by atoms with Crippen LogP contribution in [0.3, 0.4) is 0 Å². The van der Waals surface area contributed by atoms with E-state index in [9.17, 15) is 8.42 Å². The maximum absolute atomic E-state index is 11.2. The largest absolute Gasteiger partial charge is 0.491 e. The number of anilines is 1. The van der Waals surface area contributed by atoms with Crippen LogP contribution in [0, 0.1) is 5.92 Å². The van der Waals surface area contributed by atoms with Crippen molar-refractivity contribution in [2.75, 3.05) is 12.3 Å². The molecule has 1 aromatic rings. The zero-order valence-electron chi connectivity index (χ0n) is 10.0. The topological polar surface area (TPSA) is 95.4 Å². The molecule has 0 amide bonds. The van der Waals surface area contributed by atoms with Crippen LogP contribution in [-0.4, -0.2) is 15.0 Å². The Morgan fingerprint density at radius 2 is 2.00 bits per heavy atom. The predicted molar refractivity (Wildman–Crippen MR) is 67.2 cm³/mol. The molecule has 0 saturated heterocycles. The van der Waals surface area contributed by atoms with Gasteiger partial charge in [0.25, 0.3) is 0 Å². The second-order valence-corrected chi connectivity index (χ2v) is 5.84. The molecule has 0 radical (unpaired) electrons. The summed E-state index contributed by atoms with van der Waals surface area (Å²) in [6.45, 7) is 4.65. The predicted octanol–water partition coefficient (Wildman–Crippen LogP) is 1.34. The lowest BCUT2D eigenvalue weighted by Crippen LogP contribution is -2.13.